The second-order valence-electron chi connectivity index (χ2n) is 6.37. The normalized spacial score (nSPS) is 14.0. The summed E-state index contributed by atoms with van der Waals surface area (Å²) in [7, 11) is 0. The zero-order valence-corrected chi connectivity index (χ0v) is 14.5. The van der Waals surface area contributed by atoms with Crippen molar-refractivity contribution in [1.29, 1.82) is 5.26 Å². The Morgan fingerprint density at radius 2 is 2.08 bits per heavy atom. The molecule has 1 amide bonds. The van der Waals surface area contributed by atoms with Crippen molar-refractivity contribution in [3.05, 3.63) is 62.7 Å². The summed E-state index contributed by atoms with van der Waals surface area (Å²) in [5, 5.41) is 26.5. The molecule has 26 heavy (non-hydrogen) atoms. The highest BCUT2D eigenvalue weighted by Crippen LogP contribution is 2.32. The van der Waals surface area contributed by atoms with E-state index in [2.05, 4.69) is 10.6 Å². The van der Waals surface area contributed by atoms with E-state index in [0.29, 0.717) is 24.1 Å². The van der Waals surface area contributed by atoms with Crippen LogP contribution < -0.4 is 10.6 Å². The molecule has 1 aliphatic rings. The van der Waals surface area contributed by atoms with E-state index < -0.39 is 4.92 Å². The minimum absolute atomic E-state index is 0.0210. The first-order chi connectivity index (χ1) is 12.4. The number of anilines is 2. The molecule has 2 aromatic carbocycles. The number of hydrogen-bond donors (Lipinski definition) is 2. The molecule has 0 saturated carbocycles. The Kier molecular flexibility index (Phi) is 4.59. The minimum atomic E-state index is -0.479. The Morgan fingerprint density at radius 3 is 2.77 bits per heavy atom. The van der Waals surface area contributed by atoms with E-state index in [-0.39, 0.29) is 23.2 Å². The number of nitro groups is 1. The number of aryl methyl sites for hydroxylation is 1. The van der Waals surface area contributed by atoms with Crippen LogP contribution in [0.15, 0.2) is 30.3 Å². The molecule has 3 rings (SSSR count). The van der Waals surface area contributed by atoms with Gasteiger partial charge >= 0.3 is 0 Å². The van der Waals surface area contributed by atoms with Crippen LogP contribution >= 0.6 is 0 Å². The first-order valence-electron chi connectivity index (χ1n) is 8.27. The van der Waals surface area contributed by atoms with Crippen LogP contribution in [0.2, 0.25) is 0 Å². The SMILES string of the molecule is Cc1c(NC(C)c2ccc3c(c2)CCC(=O)N3)cc(C#N)cc1[N+](=O)[O-]. The van der Waals surface area contributed by atoms with Gasteiger partial charge in [0, 0.05) is 35.5 Å². The van der Waals surface area contributed by atoms with E-state index in [0.717, 1.165) is 16.8 Å². The lowest BCUT2D eigenvalue weighted by Crippen LogP contribution is -2.19. The molecular weight excluding hydrogens is 332 g/mol. The number of nitrogens with one attached hydrogen (secondary N) is 2. The van der Waals surface area contributed by atoms with Crippen LogP contribution in [-0.4, -0.2) is 10.8 Å². The van der Waals surface area contributed by atoms with E-state index in [1.54, 1.807) is 13.0 Å². The quantitative estimate of drug-likeness (QED) is 0.643. The molecule has 1 unspecified atom stereocenters. The number of carbonyl (C=O) groups is 1. The van der Waals surface area contributed by atoms with Crippen molar-refractivity contribution >= 4 is 23.0 Å². The van der Waals surface area contributed by atoms with Gasteiger partial charge in [0.05, 0.1) is 16.6 Å². The molecule has 1 heterocycles. The molecule has 132 valence electrons. The zero-order chi connectivity index (χ0) is 18.8. The van der Waals surface area contributed by atoms with Gasteiger partial charge in [-0.05, 0) is 43.5 Å². The average molecular weight is 350 g/mol. The molecular formula is C19H18N4O3. The number of amides is 1. The third-order valence-corrected chi connectivity index (χ3v) is 4.60. The van der Waals surface area contributed by atoms with Crippen LogP contribution in [-0.2, 0) is 11.2 Å². The maximum absolute atomic E-state index is 11.5. The maximum atomic E-state index is 11.5. The summed E-state index contributed by atoms with van der Waals surface area (Å²) >= 11 is 0. The molecule has 0 aromatic heterocycles. The van der Waals surface area contributed by atoms with E-state index in [1.165, 1.54) is 6.07 Å². The number of carbonyl (C=O) groups excluding carboxylic acids is 1. The standard InChI is InChI=1S/C19H18N4O3/c1-11-17(7-13(10-20)8-18(11)23(25)26)21-12(2)14-3-5-16-15(9-14)4-6-19(24)22-16/h3,5,7-9,12,21H,4,6H2,1-2H3,(H,22,24). The van der Waals surface area contributed by atoms with E-state index in [9.17, 15) is 14.9 Å². The Bertz CT molecular complexity index is 947. The summed E-state index contributed by atoms with van der Waals surface area (Å²) in [6.45, 7) is 3.62. The smallest absolute Gasteiger partial charge is 0.275 e. The lowest BCUT2D eigenvalue weighted by atomic mass is 9.97. The van der Waals surface area contributed by atoms with E-state index >= 15 is 0 Å². The van der Waals surface area contributed by atoms with Crippen LogP contribution in [0.25, 0.3) is 0 Å². The summed E-state index contributed by atoms with van der Waals surface area (Å²) in [6, 6.07) is 10.6. The summed E-state index contributed by atoms with van der Waals surface area (Å²) in [6.07, 6.45) is 1.16. The van der Waals surface area contributed by atoms with Crippen molar-refractivity contribution in [1.82, 2.24) is 0 Å². The number of benzene rings is 2. The van der Waals surface area contributed by atoms with Gasteiger partial charge in [0.2, 0.25) is 5.91 Å². The van der Waals surface area contributed by atoms with Gasteiger partial charge < -0.3 is 10.6 Å². The topological polar surface area (TPSA) is 108 Å². The third kappa shape index (κ3) is 3.35. The Hall–Kier alpha value is -3.40. The second kappa shape index (κ2) is 6.84. The Morgan fingerprint density at radius 1 is 1.31 bits per heavy atom. The van der Waals surface area contributed by atoms with Crippen molar-refractivity contribution in [2.24, 2.45) is 0 Å². The molecule has 1 aliphatic heterocycles. The number of nitro benzene ring substituents is 1. The summed E-state index contributed by atoms with van der Waals surface area (Å²) in [5.74, 6) is 0.0210. The van der Waals surface area contributed by atoms with Gasteiger partial charge in [0.25, 0.3) is 5.69 Å². The molecule has 2 N–H and O–H groups in total. The molecule has 2 aromatic rings. The second-order valence-corrected chi connectivity index (χ2v) is 6.37. The van der Waals surface area contributed by atoms with Gasteiger partial charge in [-0.2, -0.15) is 5.26 Å². The predicted molar refractivity (Wildman–Crippen MR) is 98.0 cm³/mol. The van der Waals surface area contributed by atoms with Crippen molar-refractivity contribution in [3.8, 4) is 6.07 Å². The van der Waals surface area contributed by atoms with Gasteiger partial charge in [-0.3, -0.25) is 14.9 Å². The van der Waals surface area contributed by atoms with Gasteiger partial charge in [-0.25, -0.2) is 0 Å². The van der Waals surface area contributed by atoms with Crippen LogP contribution in [0.5, 0.6) is 0 Å². The average Bonchev–Trinajstić information content (AvgIpc) is 2.62. The largest absolute Gasteiger partial charge is 0.378 e. The molecule has 1 atom stereocenters. The molecule has 7 nitrogen and oxygen atoms in total. The fourth-order valence-electron chi connectivity index (χ4n) is 3.09. The predicted octanol–water partition coefficient (Wildman–Crippen LogP) is 3.83. The molecule has 0 aliphatic carbocycles. The first-order valence-corrected chi connectivity index (χ1v) is 8.27. The van der Waals surface area contributed by atoms with E-state index in [4.69, 9.17) is 5.26 Å². The Balaban J connectivity index is 1.90. The lowest BCUT2D eigenvalue weighted by Gasteiger charge is -2.21. The number of hydrogen-bond acceptors (Lipinski definition) is 5. The fourth-order valence-corrected chi connectivity index (χ4v) is 3.09. The molecule has 0 bridgehead atoms. The highest BCUT2D eigenvalue weighted by atomic mass is 16.6. The van der Waals surface area contributed by atoms with Crippen LogP contribution in [0.4, 0.5) is 17.1 Å². The van der Waals surface area contributed by atoms with Gasteiger partial charge in [-0.15, -0.1) is 0 Å². The van der Waals surface area contributed by atoms with Crippen molar-refractivity contribution in [3.63, 3.8) is 0 Å². The Labute approximate surface area is 150 Å². The summed E-state index contributed by atoms with van der Waals surface area (Å²) in [5.41, 5.74) is 4.13. The van der Waals surface area contributed by atoms with Crippen LogP contribution in [0, 0.1) is 28.4 Å². The van der Waals surface area contributed by atoms with Crippen molar-refractivity contribution in [2.75, 3.05) is 10.6 Å². The highest BCUT2D eigenvalue weighted by Gasteiger charge is 2.19. The molecule has 0 fully saturated rings. The molecule has 0 spiro atoms. The summed E-state index contributed by atoms with van der Waals surface area (Å²) < 4.78 is 0. The first kappa shape index (κ1) is 17.4. The van der Waals surface area contributed by atoms with Gasteiger partial charge in [0.15, 0.2) is 0 Å². The van der Waals surface area contributed by atoms with Gasteiger partial charge in [-0.1, -0.05) is 12.1 Å². The fraction of sp³-hybridized carbons (Fsp3) is 0.263. The van der Waals surface area contributed by atoms with Crippen molar-refractivity contribution in [2.45, 2.75) is 32.7 Å². The zero-order valence-electron chi connectivity index (χ0n) is 14.5. The molecule has 0 radical (unpaired) electrons. The highest BCUT2D eigenvalue weighted by molar-refractivity contribution is 5.93. The third-order valence-electron chi connectivity index (χ3n) is 4.60. The van der Waals surface area contributed by atoms with Gasteiger partial charge in [0.1, 0.15) is 0 Å². The molecule has 7 heteroatoms. The lowest BCUT2D eigenvalue weighted by molar-refractivity contribution is -0.385. The number of rotatable bonds is 4. The monoisotopic (exact) mass is 350 g/mol. The van der Waals surface area contributed by atoms with Crippen LogP contribution in [0.3, 0.4) is 0 Å². The number of fused-ring (bicyclic) bond motifs is 1. The number of nitrogens with zero attached hydrogens (tertiary/aromatic N) is 2. The minimum Gasteiger partial charge on any atom is -0.378 e. The maximum Gasteiger partial charge on any atom is 0.275 e. The number of nitriles is 1. The van der Waals surface area contributed by atoms with E-state index in [1.807, 2.05) is 31.2 Å². The summed E-state index contributed by atoms with van der Waals surface area (Å²) in [4.78, 5) is 22.2. The van der Waals surface area contributed by atoms with Crippen LogP contribution in [0.1, 0.15) is 41.6 Å². The van der Waals surface area contributed by atoms with Crippen molar-refractivity contribution < 1.29 is 9.72 Å². The molecule has 0 saturated heterocycles.